The SMILES string of the molecule is NC(=O)c1cccc(N=NCc2cc(N3CCOCC3)nc(OCCN3CCCCC3)n2)c1. The summed E-state index contributed by atoms with van der Waals surface area (Å²) in [6.07, 6.45) is 3.81. The molecule has 176 valence electrons. The Morgan fingerprint density at radius 2 is 1.91 bits per heavy atom. The van der Waals surface area contributed by atoms with Gasteiger partial charge >= 0.3 is 6.01 Å². The molecule has 0 bridgehead atoms. The van der Waals surface area contributed by atoms with Gasteiger partial charge in [-0.3, -0.25) is 9.69 Å². The average Bonchev–Trinajstić information content (AvgIpc) is 2.85. The first-order valence-electron chi connectivity index (χ1n) is 11.5. The monoisotopic (exact) mass is 453 g/mol. The van der Waals surface area contributed by atoms with Crippen molar-refractivity contribution in [3.05, 3.63) is 41.6 Å². The van der Waals surface area contributed by atoms with Crippen LogP contribution in [0.4, 0.5) is 11.5 Å². The van der Waals surface area contributed by atoms with E-state index in [0.717, 1.165) is 38.5 Å². The summed E-state index contributed by atoms with van der Waals surface area (Å²) in [5.41, 5.74) is 7.01. The number of piperidine rings is 1. The number of rotatable bonds is 9. The maximum atomic E-state index is 11.4. The number of carbonyl (C=O) groups is 1. The summed E-state index contributed by atoms with van der Waals surface area (Å²) < 4.78 is 11.4. The standard InChI is InChI=1S/C23H31N7O3/c24-22(31)18-5-4-6-19(15-18)28-25-17-20-16-21(30-10-12-32-13-11-30)27-23(26-20)33-14-9-29-7-2-1-3-8-29/h4-6,15-16H,1-3,7-14,17H2,(H2,24,31). The van der Waals surface area contributed by atoms with Crippen LogP contribution in [0.2, 0.25) is 0 Å². The number of primary amides is 1. The second kappa shape index (κ2) is 11.7. The third-order valence-corrected chi connectivity index (χ3v) is 5.72. The highest BCUT2D eigenvalue weighted by atomic mass is 16.5. The number of nitrogens with two attached hydrogens (primary N) is 1. The van der Waals surface area contributed by atoms with Gasteiger partial charge in [0.25, 0.3) is 0 Å². The van der Waals surface area contributed by atoms with E-state index in [1.54, 1.807) is 24.3 Å². The highest BCUT2D eigenvalue weighted by Gasteiger charge is 2.16. The van der Waals surface area contributed by atoms with E-state index >= 15 is 0 Å². The van der Waals surface area contributed by atoms with Crippen LogP contribution in [0.15, 0.2) is 40.6 Å². The van der Waals surface area contributed by atoms with E-state index < -0.39 is 5.91 Å². The molecule has 1 aromatic heterocycles. The summed E-state index contributed by atoms with van der Waals surface area (Å²) >= 11 is 0. The number of likely N-dealkylation sites (tertiary alicyclic amines) is 1. The third kappa shape index (κ3) is 6.93. The van der Waals surface area contributed by atoms with Crippen molar-refractivity contribution in [3.8, 4) is 6.01 Å². The number of hydrogen-bond acceptors (Lipinski definition) is 9. The highest BCUT2D eigenvalue weighted by molar-refractivity contribution is 5.93. The average molecular weight is 454 g/mol. The molecule has 2 aromatic rings. The molecule has 0 atom stereocenters. The van der Waals surface area contributed by atoms with Crippen molar-refractivity contribution in [2.75, 3.05) is 57.4 Å². The Bertz CT molecular complexity index is 957. The van der Waals surface area contributed by atoms with E-state index in [0.29, 0.717) is 42.8 Å². The minimum atomic E-state index is -0.496. The predicted octanol–water partition coefficient (Wildman–Crippen LogP) is 2.56. The normalized spacial score (nSPS) is 17.4. The quantitative estimate of drug-likeness (QED) is 0.580. The molecular weight excluding hydrogens is 422 g/mol. The summed E-state index contributed by atoms with van der Waals surface area (Å²) in [4.78, 5) is 25.1. The molecule has 10 nitrogen and oxygen atoms in total. The largest absolute Gasteiger partial charge is 0.462 e. The molecule has 0 unspecified atom stereocenters. The Kier molecular flexibility index (Phi) is 8.15. The zero-order chi connectivity index (χ0) is 22.9. The number of azo groups is 1. The van der Waals surface area contributed by atoms with Crippen LogP contribution in [-0.4, -0.2) is 73.3 Å². The number of nitrogens with zero attached hydrogens (tertiary/aromatic N) is 6. The van der Waals surface area contributed by atoms with Gasteiger partial charge in [-0.1, -0.05) is 12.5 Å². The topological polar surface area (TPSA) is 119 Å². The highest BCUT2D eigenvalue weighted by Crippen LogP contribution is 2.20. The lowest BCUT2D eigenvalue weighted by molar-refractivity contribution is 0.1000. The Morgan fingerprint density at radius 1 is 1.09 bits per heavy atom. The molecule has 0 spiro atoms. The van der Waals surface area contributed by atoms with Crippen LogP contribution in [-0.2, 0) is 11.3 Å². The number of amides is 1. The molecule has 0 radical (unpaired) electrons. The van der Waals surface area contributed by atoms with Crippen molar-refractivity contribution in [2.24, 2.45) is 16.0 Å². The van der Waals surface area contributed by atoms with Crippen LogP contribution in [0.5, 0.6) is 6.01 Å². The Balaban J connectivity index is 1.43. The van der Waals surface area contributed by atoms with E-state index in [2.05, 4.69) is 30.0 Å². The molecular formula is C23H31N7O3. The molecule has 0 aliphatic carbocycles. The van der Waals surface area contributed by atoms with Gasteiger partial charge in [-0.05, 0) is 44.1 Å². The minimum absolute atomic E-state index is 0.267. The molecule has 3 heterocycles. The van der Waals surface area contributed by atoms with Crippen molar-refractivity contribution >= 4 is 17.4 Å². The van der Waals surface area contributed by atoms with Crippen molar-refractivity contribution in [3.63, 3.8) is 0 Å². The van der Waals surface area contributed by atoms with Crippen LogP contribution < -0.4 is 15.4 Å². The maximum absolute atomic E-state index is 11.4. The number of carbonyl (C=O) groups excluding carboxylic acids is 1. The van der Waals surface area contributed by atoms with Gasteiger partial charge in [0, 0.05) is 31.3 Å². The number of anilines is 1. The number of aromatic nitrogens is 2. The zero-order valence-corrected chi connectivity index (χ0v) is 18.9. The Labute approximate surface area is 193 Å². The molecule has 2 N–H and O–H groups in total. The van der Waals surface area contributed by atoms with E-state index in [9.17, 15) is 4.79 Å². The van der Waals surface area contributed by atoms with Crippen LogP contribution in [0.25, 0.3) is 0 Å². The van der Waals surface area contributed by atoms with Crippen molar-refractivity contribution in [2.45, 2.75) is 25.8 Å². The molecule has 2 aliphatic rings. The number of hydrogen-bond donors (Lipinski definition) is 1. The number of benzene rings is 1. The lowest BCUT2D eigenvalue weighted by Crippen LogP contribution is -2.37. The van der Waals surface area contributed by atoms with Crippen molar-refractivity contribution < 1.29 is 14.3 Å². The van der Waals surface area contributed by atoms with Gasteiger partial charge in [0.05, 0.1) is 24.6 Å². The molecule has 2 saturated heterocycles. The van der Waals surface area contributed by atoms with Gasteiger partial charge in [0.2, 0.25) is 5.91 Å². The second-order valence-electron chi connectivity index (χ2n) is 8.16. The molecule has 4 rings (SSSR count). The smallest absolute Gasteiger partial charge is 0.318 e. The van der Waals surface area contributed by atoms with Gasteiger partial charge in [0.1, 0.15) is 19.0 Å². The maximum Gasteiger partial charge on any atom is 0.318 e. The zero-order valence-electron chi connectivity index (χ0n) is 18.9. The Morgan fingerprint density at radius 3 is 2.70 bits per heavy atom. The lowest BCUT2D eigenvalue weighted by Gasteiger charge is -2.28. The first-order chi connectivity index (χ1) is 16.2. The summed E-state index contributed by atoms with van der Waals surface area (Å²) in [7, 11) is 0. The predicted molar refractivity (Wildman–Crippen MR) is 124 cm³/mol. The fourth-order valence-corrected chi connectivity index (χ4v) is 3.92. The molecule has 2 fully saturated rings. The van der Waals surface area contributed by atoms with Gasteiger partial charge in [-0.2, -0.15) is 20.2 Å². The third-order valence-electron chi connectivity index (χ3n) is 5.72. The Hall–Kier alpha value is -3.11. The molecule has 2 aliphatic heterocycles. The fraction of sp³-hybridized carbons (Fsp3) is 0.522. The fourth-order valence-electron chi connectivity index (χ4n) is 3.92. The van der Waals surface area contributed by atoms with Gasteiger partial charge in [-0.15, -0.1) is 0 Å². The number of ether oxygens (including phenoxy) is 2. The van der Waals surface area contributed by atoms with Gasteiger partial charge in [0.15, 0.2) is 0 Å². The molecule has 33 heavy (non-hydrogen) atoms. The van der Waals surface area contributed by atoms with Crippen LogP contribution in [0.1, 0.15) is 35.3 Å². The first kappa shape index (κ1) is 23.1. The van der Waals surface area contributed by atoms with Crippen LogP contribution in [0.3, 0.4) is 0 Å². The van der Waals surface area contributed by atoms with Crippen molar-refractivity contribution in [1.82, 2.24) is 14.9 Å². The second-order valence-corrected chi connectivity index (χ2v) is 8.16. The van der Waals surface area contributed by atoms with E-state index in [4.69, 9.17) is 15.2 Å². The van der Waals surface area contributed by atoms with Gasteiger partial charge in [-0.25, -0.2) is 0 Å². The van der Waals surface area contributed by atoms with Crippen LogP contribution >= 0.6 is 0 Å². The summed E-state index contributed by atoms with van der Waals surface area (Å²) in [6.45, 7) is 6.81. The molecule has 0 saturated carbocycles. The summed E-state index contributed by atoms with van der Waals surface area (Å²) in [5.74, 6) is 0.312. The molecule has 10 heteroatoms. The summed E-state index contributed by atoms with van der Waals surface area (Å²) in [6, 6.07) is 9.03. The van der Waals surface area contributed by atoms with Crippen LogP contribution in [0, 0.1) is 0 Å². The van der Waals surface area contributed by atoms with Gasteiger partial charge < -0.3 is 20.1 Å². The minimum Gasteiger partial charge on any atom is -0.462 e. The molecule has 1 amide bonds. The van der Waals surface area contributed by atoms with Crippen molar-refractivity contribution in [1.29, 1.82) is 0 Å². The lowest BCUT2D eigenvalue weighted by atomic mass is 10.1. The van der Waals surface area contributed by atoms with E-state index in [1.807, 2.05) is 6.07 Å². The molecule has 1 aromatic carbocycles. The van der Waals surface area contributed by atoms with E-state index in [1.165, 1.54) is 19.3 Å². The van der Waals surface area contributed by atoms with E-state index in [-0.39, 0.29) is 6.54 Å². The number of morpholine rings is 1. The summed E-state index contributed by atoms with van der Waals surface area (Å²) in [5, 5.41) is 8.48. The first-order valence-corrected chi connectivity index (χ1v) is 11.5.